The van der Waals surface area contributed by atoms with Crippen molar-refractivity contribution in [3.63, 3.8) is 0 Å². The van der Waals surface area contributed by atoms with Crippen molar-refractivity contribution in [1.82, 2.24) is 25.2 Å². The van der Waals surface area contributed by atoms with E-state index < -0.39 is 0 Å². The average Bonchev–Trinajstić information content (AvgIpc) is 2.78. The second-order valence-corrected chi connectivity index (χ2v) is 9.62. The smallest absolute Gasteiger partial charge is 0.277 e. The minimum Gasteiger partial charge on any atom is -0.351 e. The fraction of sp³-hybridized carbons (Fsp3) is 0.440. The normalized spacial score (nSPS) is 15.3. The van der Waals surface area contributed by atoms with E-state index in [0.29, 0.717) is 10.9 Å². The van der Waals surface area contributed by atoms with Gasteiger partial charge in [0.05, 0.1) is 11.9 Å². The number of nitrogens with one attached hydrogen (secondary N) is 1. The summed E-state index contributed by atoms with van der Waals surface area (Å²) >= 11 is 0. The molecule has 7 nitrogen and oxygen atoms in total. The Labute approximate surface area is 188 Å². The molecule has 0 spiro atoms. The third kappa shape index (κ3) is 5.05. The Hall–Kier alpha value is -3.06. The van der Waals surface area contributed by atoms with Gasteiger partial charge in [-0.05, 0) is 35.1 Å². The summed E-state index contributed by atoms with van der Waals surface area (Å²) in [5.74, 6) is -0.0795. The Morgan fingerprint density at radius 3 is 2.59 bits per heavy atom. The number of nitrogens with zero attached hydrogens (tertiary/aromatic N) is 4. The van der Waals surface area contributed by atoms with Crippen LogP contribution in [0, 0.1) is 5.41 Å². The maximum absolute atomic E-state index is 12.8. The number of rotatable bonds is 6. The van der Waals surface area contributed by atoms with E-state index in [4.69, 9.17) is 0 Å². The zero-order chi connectivity index (χ0) is 22.7. The van der Waals surface area contributed by atoms with Gasteiger partial charge in [-0.1, -0.05) is 62.4 Å². The third-order valence-corrected chi connectivity index (χ3v) is 6.21. The minimum atomic E-state index is -0.220. The SMILES string of the molecule is CC(C)(C)[C@H](CN1CCc2ccccc2C1)NC(=O)CCn1nnc2ccccc2c1=O. The Bertz CT molecular complexity index is 1160. The van der Waals surface area contributed by atoms with Crippen molar-refractivity contribution in [2.45, 2.75) is 52.7 Å². The Kier molecular flexibility index (Phi) is 6.37. The first-order chi connectivity index (χ1) is 15.3. The van der Waals surface area contributed by atoms with E-state index in [9.17, 15) is 9.59 Å². The van der Waals surface area contributed by atoms with Crippen LogP contribution in [0.25, 0.3) is 10.9 Å². The van der Waals surface area contributed by atoms with Crippen LogP contribution >= 0.6 is 0 Å². The van der Waals surface area contributed by atoms with Crippen LogP contribution in [0.3, 0.4) is 0 Å². The van der Waals surface area contributed by atoms with Crippen LogP contribution in [-0.2, 0) is 24.3 Å². The topological polar surface area (TPSA) is 80.1 Å². The highest BCUT2D eigenvalue weighted by molar-refractivity contribution is 5.77. The van der Waals surface area contributed by atoms with Crippen molar-refractivity contribution in [2.75, 3.05) is 13.1 Å². The Morgan fingerprint density at radius 2 is 1.81 bits per heavy atom. The van der Waals surface area contributed by atoms with Gasteiger partial charge in [0.1, 0.15) is 5.52 Å². The van der Waals surface area contributed by atoms with Gasteiger partial charge < -0.3 is 5.32 Å². The summed E-state index contributed by atoms with van der Waals surface area (Å²) in [5, 5.41) is 11.8. The predicted octanol–water partition coefficient (Wildman–Crippen LogP) is 2.77. The lowest BCUT2D eigenvalue weighted by molar-refractivity contribution is -0.123. The monoisotopic (exact) mass is 433 g/mol. The predicted molar refractivity (Wildman–Crippen MR) is 125 cm³/mol. The maximum atomic E-state index is 12.8. The molecule has 7 heteroatoms. The van der Waals surface area contributed by atoms with E-state index in [1.807, 2.05) is 6.07 Å². The molecule has 32 heavy (non-hydrogen) atoms. The molecule has 1 N–H and O–H groups in total. The number of carbonyl (C=O) groups is 1. The molecular weight excluding hydrogens is 402 g/mol. The first kappa shape index (κ1) is 22.1. The molecule has 0 radical (unpaired) electrons. The average molecular weight is 434 g/mol. The number of aryl methyl sites for hydroxylation is 1. The highest BCUT2D eigenvalue weighted by Gasteiger charge is 2.29. The number of aromatic nitrogens is 3. The van der Waals surface area contributed by atoms with E-state index in [2.05, 4.69) is 65.6 Å². The number of benzene rings is 2. The molecule has 1 amide bonds. The van der Waals surface area contributed by atoms with Gasteiger partial charge in [0.15, 0.2) is 0 Å². The lowest BCUT2D eigenvalue weighted by Crippen LogP contribution is -2.51. The summed E-state index contributed by atoms with van der Waals surface area (Å²) in [6, 6.07) is 15.7. The summed E-state index contributed by atoms with van der Waals surface area (Å²) in [5.41, 5.74) is 3.04. The van der Waals surface area contributed by atoms with Crippen molar-refractivity contribution in [1.29, 1.82) is 0 Å². The second kappa shape index (κ2) is 9.20. The molecule has 168 valence electrons. The summed E-state index contributed by atoms with van der Waals surface area (Å²) in [7, 11) is 0. The van der Waals surface area contributed by atoms with E-state index in [1.54, 1.807) is 18.2 Å². The van der Waals surface area contributed by atoms with Crippen molar-refractivity contribution < 1.29 is 4.79 Å². The minimum absolute atomic E-state index is 0.000304. The van der Waals surface area contributed by atoms with E-state index in [0.717, 1.165) is 26.1 Å². The fourth-order valence-corrected chi connectivity index (χ4v) is 4.15. The number of amides is 1. The largest absolute Gasteiger partial charge is 0.351 e. The highest BCUT2D eigenvalue weighted by Crippen LogP contribution is 2.24. The zero-order valence-electron chi connectivity index (χ0n) is 19.0. The highest BCUT2D eigenvalue weighted by atomic mass is 16.2. The number of fused-ring (bicyclic) bond motifs is 2. The standard InChI is InChI=1S/C25H31N5O2/c1-25(2,3)22(17-29-14-12-18-8-4-5-9-19(18)16-29)26-23(31)13-15-30-24(32)20-10-6-7-11-21(20)27-28-30/h4-11,22H,12-17H2,1-3H3,(H,26,31)/t22-/m0/s1. The fourth-order valence-electron chi connectivity index (χ4n) is 4.15. The first-order valence-corrected chi connectivity index (χ1v) is 11.2. The summed E-state index contributed by atoms with van der Waals surface area (Å²) in [6.45, 7) is 9.33. The first-order valence-electron chi connectivity index (χ1n) is 11.2. The molecule has 4 rings (SSSR count). The molecule has 0 unspecified atom stereocenters. The van der Waals surface area contributed by atoms with Gasteiger partial charge in [-0.25, -0.2) is 4.68 Å². The number of carbonyl (C=O) groups excluding carboxylic acids is 1. The molecule has 0 saturated carbocycles. The van der Waals surface area contributed by atoms with Crippen LogP contribution < -0.4 is 10.9 Å². The van der Waals surface area contributed by atoms with Crippen LogP contribution in [0.2, 0.25) is 0 Å². The molecule has 1 aliphatic heterocycles. The van der Waals surface area contributed by atoms with E-state index in [-0.39, 0.29) is 35.9 Å². The van der Waals surface area contributed by atoms with Gasteiger partial charge in [0.2, 0.25) is 5.91 Å². The van der Waals surface area contributed by atoms with Crippen molar-refractivity contribution >= 4 is 16.8 Å². The van der Waals surface area contributed by atoms with Crippen LogP contribution in [0.4, 0.5) is 0 Å². The molecular formula is C25H31N5O2. The van der Waals surface area contributed by atoms with Gasteiger partial charge in [0.25, 0.3) is 5.56 Å². The van der Waals surface area contributed by atoms with Crippen molar-refractivity contribution in [3.8, 4) is 0 Å². The van der Waals surface area contributed by atoms with Crippen LogP contribution in [-0.4, -0.2) is 44.9 Å². The molecule has 3 aromatic rings. The van der Waals surface area contributed by atoms with Crippen LogP contribution in [0.1, 0.15) is 38.3 Å². The summed E-state index contributed by atoms with van der Waals surface area (Å²) < 4.78 is 1.27. The number of hydrogen-bond acceptors (Lipinski definition) is 5. The lowest BCUT2D eigenvalue weighted by Gasteiger charge is -2.38. The molecule has 1 aromatic heterocycles. The van der Waals surface area contributed by atoms with Crippen molar-refractivity contribution in [3.05, 3.63) is 70.0 Å². The third-order valence-electron chi connectivity index (χ3n) is 6.21. The lowest BCUT2D eigenvalue weighted by atomic mass is 9.85. The van der Waals surface area contributed by atoms with Crippen LogP contribution in [0.15, 0.2) is 53.3 Å². The van der Waals surface area contributed by atoms with Crippen molar-refractivity contribution in [2.24, 2.45) is 5.41 Å². The van der Waals surface area contributed by atoms with Gasteiger partial charge in [0, 0.05) is 32.1 Å². The molecule has 1 atom stereocenters. The summed E-state index contributed by atoms with van der Waals surface area (Å²) in [6.07, 6.45) is 1.22. The molecule has 0 fully saturated rings. The van der Waals surface area contributed by atoms with Gasteiger partial charge in [-0.2, -0.15) is 0 Å². The Balaban J connectivity index is 1.39. The second-order valence-electron chi connectivity index (χ2n) is 9.62. The van der Waals surface area contributed by atoms with Gasteiger partial charge in [-0.15, -0.1) is 5.10 Å². The van der Waals surface area contributed by atoms with Gasteiger partial charge in [-0.3, -0.25) is 14.5 Å². The number of hydrogen-bond donors (Lipinski definition) is 1. The Morgan fingerprint density at radius 1 is 1.09 bits per heavy atom. The molecule has 0 saturated heterocycles. The molecule has 0 aliphatic carbocycles. The van der Waals surface area contributed by atoms with E-state index >= 15 is 0 Å². The summed E-state index contributed by atoms with van der Waals surface area (Å²) in [4.78, 5) is 27.8. The molecule has 2 heterocycles. The zero-order valence-corrected chi connectivity index (χ0v) is 19.0. The molecule has 2 aromatic carbocycles. The molecule has 0 bridgehead atoms. The van der Waals surface area contributed by atoms with Gasteiger partial charge >= 0.3 is 0 Å². The maximum Gasteiger partial charge on any atom is 0.277 e. The van der Waals surface area contributed by atoms with Crippen LogP contribution in [0.5, 0.6) is 0 Å². The quantitative estimate of drug-likeness (QED) is 0.647. The molecule has 1 aliphatic rings. The van der Waals surface area contributed by atoms with E-state index in [1.165, 1.54) is 15.8 Å².